The van der Waals surface area contributed by atoms with Gasteiger partial charge in [-0.2, -0.15) is 0 Å². The van der Waals surface area contributed by atoms with E-state index in [2.05, 4.69) is 5.32 Å². The Balaban J connectivity index is 2.72. The minimum absolute atomic E-state index is 0.395. The van der Waals surface area contributed by atoms with Gasteiger partial charge >= 0.3 is 0 Å². The molecule has 0 saturated heterocycles. The summed E-state index contributed by atoms with van der Waals surface area (Å²) >= 11 is 0. The van der Waals surface area contributed by atoms with E-state index in [1.807, 2.05) is 12.1 Å². The second-order valence-electron chi connectivity index (χ2n) is 3.23. The standard InChI is InChI=1S/C10H15N4O/c1-14(15)6-5-13-10-4-2-3-9(12)8(10)7-11/h2-4,7,11,13H,5-6,12H2,1H3/q+1. The molecule has 1 aromatic rings. The third-order valence-electron chi connectivity index (χ3n) is 2.03. The Morgan fingerprint density at radius 1 is 1.60 bits per heavy atom. The lowest BCUT2D eigenvalue weighted by molar-refractivity contribution is -0.515. The summed E-state index contributed by atoms with van der Waals surface area (Å²) < 4.78 is 0.851. The molecule has 4 N–H and O–H groups in total. The summed E-state index contributed by atoms with van der Waals surface area (Å²) in [7, 11) is 1.47. The number of hydrogen-bond donors (Lipinski definition) is 3. The monoisotopic (exact) mass is 207 g/mol. The van der Waals surface area contributed by atoms with Gasteiger partial charge in [-0.1, -0.05) is 6.07 Å². The van der Waals surface area contributed by atoms with Crippen LogP contribution < -0.4 is 11.1 Å². The fraction of sp³-hybridized carbons (Fsp3) is 0.300. The first-order valence-corrected chi connectivity index (χ1v) is 4.66. The third kappa shape index (κ3) is 3.05. The number of anilines is 2. The summed E-state index contributed by atoms with van der Waals surface area (Å²) in [6.07, 6.45) is 1.21. The molecule has 0 saturated carbocycles. The zero-order valence-electron chi connectivity index (χ0n) is 8.66. The van der Waals surface area contributed by atoms with Gasteiger partial charge in [-0.05, 0) is 16.9 Å². The Morgan fingerprint density at radius 2 is 2.33 bits per heavy atom. The fourth-order valence-electron chi connectivity index (χ4n) is 1.25. The first kappa shape index (κ1) is 11.2. The summed E-state index contributed by atoms with van der Waals surface area (Å²) in [5.41, 5.74) is 7.70. The van der Waals surface area contributed by atoms with Crippen LogP contribution in [0.1, 0.15) is 5.56 Å². The van der Waals surface area contributed by atoms with Gasteiger partial charge in [-0.25, -0.2) is 0 Å². The van der Waals surface area contributed by atoms with Crippen LogP contribution in [0.2, 0.25) is 0 Å². The van der Waals surface area contributed by atoms with Gasteiger partial charge in [0.1, 0.15) is 0 Å². The van der Waals surface area contributed by atoms with E-state index in [4.69, 9.17) is 11.1 Å². The van der Waals surface area contributed by atoms with Crippen molar-refractivity contribution in [1.29, 1.82) is 5.41 Å². The molecule has 0 aromatic heterocycles. The molecule has 0 amide bonds. The smallest absolute Gasteiger partial charge is 0.208 e. The normalized spacial score (nSPS) is 9.67. The van der Waals surface area contributed by atoms with Gasteiger partial charge in [0.15, 0.2) is 7.05 Å². The van der Waals surface area contributed by atoms with Crippen LogP contribution in [0.25, 0.3) is 0 Å². The highest BCUT2D eigenvalue weighted by atomic mass is 16.3. The van der Waals surface area contributed by atoms with Crippen molar-refractivity contribution < 1.29 is 4.76 Å². The summed E-state index contributed by atoms with van der Waals surface area (Å²) in [5.74, 6) is 0. The van der Waals surface area contributed by atoms with Gasteiger partial charge in [-0.15, -0.1) is 0 Å². The Labute approximate surface area is 88.4 Å². The second kappa shape index (κ2) is 5.09. The number of rotatable bonds is 5. The third-order valence-corrected chi connectivity index (χ3v) is 2.03. The maximum atomic E-state index is 10.7. The zero-order valence-corrected chi connectivity index (χ0v) is 8.66. The molecule has 5 heteroatoms. The maximum Gasteiger partial charge on any atom is 0.208 e. The van der Waals surface area contributed by atoms with Crippen molar-refractivity contribution in [2.45, 2.75) is 0 Å². The lowest BCUT2D eigenvalue weighted by Crippen LogP contribution is -2.15. The Morgan fingerprint density at radius 3 is 2.93 bits per heavy atom. The van der Waals surface area contributed by atoms with Crippen molar-refractivity contribution in [3.05, 3.63) is 28.7 Å². The summed E-state index contributed by atoms with van der Waals surface area (Å²) in [4.78, 5) is 10.7. The van der Waals surface area contributed by atoms with Crippen molar-refractivity contribution in [1.82, 2.24) is 0 Å². The van der Waals surface area contributed by atoms with E-state index in [0.717, 1.165) is 10.4 Å². The molecule has 0 aliphatic carbocycles. The molecule has 0 aliphatic heterocycles. The molecule has 1 aromatic carbocycles. The average Bonchev–Trinajstić information content (AvgIpc) is 2.17. The Kier molecular flexibility index (Phi) is 3.79. The first-order chi connectivity index (χ1) is 7.15. The van der Waals surface area contributed by atoms with E-state index in [9.17, 15) is 4.91 Å². The van der Waals surface area contributed by atoms with Crippen LogP contribution >= 0.6 is 0 Å². The second-order valence-corrected chi connectivity index (χ2v) is 3.23. The van der Waals surface area contributed by atoms with Crippen molar-refractivity contribution in [2.75, 3.05) is 31.2 Å². The Bertz CT molecular complexity index is 376. The molecule has 0 fully saturated rings. The molecule has 15 heavy (non-hydrogen) atoms. The van der Waals surface area contributed by atoms with Crippen LogP contribution in [-0.4, -0.2) is 31.1 Å². The van der Waals surface area contributed by atoms with Crippen LogP contribution in [0.15, 0.2) is 18.2 Å². The van der Waals surface area contributed by atoms with E-state index < -0.39 is 0 Å². The molecule has 0 spiro atoms. The SMILES string of the molecule is C[N+](=O)CCNc1cccc(N)c1C=N. The molecule has 0 heterocycles. The molecular formula is C10H15N4O+. The van der Waals surface area contributed by atoms with Gasteiger partial charge in [0.05, 0.1) is 6.54 Å². The first-order valence-electron chi connectivity index (χ1n) is 4.66. The number of nitrogens with zero attached hydrogens (tertiary/aromatic N) is 1. The number of nitroso groups, excluding NO2 is 1. The van der Waals surface area contributed by atoms with Crippen LogP contribution in [0.5, 0.6) is 0 Å². The fourth-order valence-corrected chi connectivity index (χ4v) is 1.25. The van der Waals surface area contributed by atoms with Crippen molar-refractivity contribution in [3.63, 3.8) is 0 Å². The van der Waals surface area contributed by atoms with E-state index in [0.29, 0.717) is 24.3 Å². The minimum Gasteiger partial charge on any atom is -0.398 e. The number of benzene rings is 1. The number of hydrogen-bond acceptors (Lipinski definition) is 4. The number of nitrogens with two attached hydrogens (primary N) is 1. The van der Waals surface area contributed by atoms with E-state index in [1.54, 1.807) is 6.07 Å². The maximum absolute atomic E-state index is 10.7. The molecule has 80 valence electrons. The van der Waals surface area contributed by atoms with Crippen LogP contribution in [-0.2, 0) is 0 Å². The number of nitrogens with one attached hydrogen (secondary N) is 2. The van der Waals surface area contributed by atoms with Crippen LogP contribution in [0, 0.1) is 10.3 Å². The van der Waals surface area contributed by atoms with Crippen molar-refractivity contribution in [3.8, 4) is 0 Å². The van der Waals surface area contributed by atoms with Crippen molar-refractivity contribution in [2.24, 2.45) is 0 Å². The van der Waals surface area contributed by atoms with Gasteiger partial charge < -0.3 is 16.5 Å². The molecule has 5 nitrogen and oxygen atoms in total. The summed E-state index contributed by atoms with van der Waals surface area (Å²) in [6, 6.07) is 5.39. The van der Waals surface area contributed by atoms with Crippen LogP contribution in [0.4, 0.5) is 11.4 Å². The molecule has 0 bridgehead atoms. The predicted octanol–water partition coefficient (Wildman–Crippen LogP) is 1.09. The van der Waals surface area contributed by atoms with Gasteiger partial charge in [0, 0.05) is 28.1 Å². The topological polar surface area (TPSA) is 82.0 Å². The molecular weight excluding hydrogens is 192 g/mol. The molecule has 0 radical (unpaired) electrons. The van der Waals surface area contributed by atoms with Crippen molar-refractivity contribution >= 4 is 17.6 Å². The van der Waals surface area contributed by atoms with Crippen LogP contribution in [0.3, 0.4) is 0 Å². The Hall–Kier alpha value is -1.91. The number of nitrogen functional groups attached to an aromatic ring is 1. The highest BCUT2D eigenvalue weighted by molar-refractivity contribution is 5.92. The average molecular weight is 207 g/mol. The molecule has 0 aliphatic rings. The van der Waals surface area contributed by atoms with Gasteiger partial charge in [-0.3, -0.25) is 0 Å². The highest BCUT2D eigenvalue weighted by Crippen LogP contribution is 2.19. The molecule has 0 atom stereocenters. The summed E-state index contributed by atoms with van der Waals surface area (Å²) in [5, 5.41) is 10.3. The lowest BCUT2D eigenvalue weighted by Gasteiger charge is -2.08. The summed E-state index contributed by atoms with van der Waals surface area (Å²) in [6.45, 7) is 0.927. The zero-order chi connectivity index (χ0) is 11.3. The van der Waals surface area contributed by atoms with Gasteiger partial charge in [0.25, 0.3) is 0 Å². The predicted molar refractivity (Wildman–Crippen MR) is 61.6 cm³/mol. The number of likely N-dealkylation sites (N-methyl/N-ethyl adjacent to an activating group) is 1. The molecule has 0 unspecified atom stereocenters. The van der Waals surface area contributed by atoms with E-state index in [1.165, 1.54) is 13.3 Å². The van der Waals surface area contributed by atoms with E-state index in [-0.39, 0.29) is 0 Å². The molecule has 1 rings (SSSR count). The quantitative estimate of drug-likeness (QED) is 0.384. The van der Waals surface area contributed by atoms with E-state index >= 15 is 0 Å². The van der Waals surface area contributed by atoms with Gasteiger partial charge in [0.2, 0.25) is 6.54 Å². The lowest BCUT2D eigenvalue weighted by atomic mass is 10.1. The largest absolute Gasteiger partial charge is 0.398 e. The highest BCUT2D eigenvalue weighted by Gasteiger charge is 2.04. The minimum atomic E-state index is 0.395.